The Morgan fingerprint density at radius 2 is 2.09 bits per heavy atom. The average Bonchev–Trinajstić information content (AvgIpc) is 1.88. The van der Waals surface area contributed by atoms with Gasteiger partial charge in [0.25, 0.3) is 0 Å². The largest absolute Gasteiger partial charge is 0.462 e. The number of carbonyl (C=O) groups excluding carboxylic acids is 1. The lowest BCUT2D eigenvalue weighted by molar-refractivity contribution is -0.172. The van der Waals surface area contributed by atoms with Gasteiger partial charge in [0.1, 0.15) is 0 Å². The monoisotopic (exact) mass is 170 g/mol. The smallest absolute Gasteiger partial charge is 0.377 e. The van der Waals surface area contributed by atoms with E-state index in [0.29, 0.717) is 0 Å². The molecule has 2 nitrogen and oxygen atoms in total. The van der Waals surface area contributed by atoms with Crippen molar-refractivity contribution in [2.75, 3.05) is 13.3 Å². The highest BCUT2D eigenvalue weighted by atomic mass is 19.3. The van der Waals surface area contributed by atoms with E-state index in [1.54, 1.807) is 0 Å². The number of rotatable bonds is 4. The normalized spacial score (nSPS) is 11.3. The van der Waals surface area contributed by atoms with Crippen molar-refractivity contribution in [2.24, 2.45) is 0 Å². The maximum absolute atomic E-state index is 12.3. The Labute approximate surface area is 62.3 Å². The van der Waals surface area contributed by atoms with Gasteiger partial charge >= 0.3 is 11.9 Å². The van der Waals surface area contributed by atoms with Crippen LogP contribution in [0.25, 0.3) is 0 Å². The molecule has 0 spiro atoms. The summed E-state index contributed by atoms with van der Waals surface area (Å²) in [5.74, 6) is -5.33. The van der Waals surface area contributed by atoms with Crippen LogP contribution in [0.4, 0.5) is 13.2 Å². The lowest BCUT2D eigenvalue weighted by Gasteiger charge is -2.11. The maximum Gasteiger partial charge on any atom is 0.377 e. The predicted octanol–water partition coefficient (Wildman–Crippen LogP) is 1.54. The first-order chi connectivity index (χ1) is 5.04. The van der Waals surface area contributed by atoms with Crippen LogP contribution in [0, 0.1) is 0 Å². The lowest BCUT2D eigenvalue weighted by Crippen LogP contribution is -2.31. The molecule has 0 saturated carbocycles. The van der Waals surface area contributed by atoms with Crippen molar-refractivity contribution in [3.05, 3.63) is 0 Å². The summed E-state index contributed by atoms with van der Waals surface area (Å²) in [6.07, 6.45) is -1.11. The van der Waals surface area contributed by atoms with Gasteiger partial charge in [-0.05, 0) is 6.92 Å². The van der Waals surface area contributed by atoms with Crippen molar-refractivity contribution < 1.29 is 22.7 Å². The van der Waals surface area contributed by atoms with Gasteiger partial charge in [-0.1, -0.05) is 0 Å². The van der Waals surface area contributed by atoms with E-state index in [0.717, 1.165) is 0 Å². The first-order valence-corrected chi connectivity index (χ1v) is 3.15. The molecule has 11 heavy (non-hydrogen) atoms. The zero-order chi connectivity index (χ0) is 8.91. The van der Waals surface area contributed by atoms with Crippen LogP contribution in [0.3, 0.4) is 0 Å². The van der Waals surface area contributed by atoms with Gasteiger partial charge in [0.15, 0.2) is 0 Å². The van der Waals surface area contributed by atoms with Gasteiger partial charge in [0.05, 0.1) is 19.7 Å². The summed E-state index contributed by atoms with van der Waals surface area (Å²) >= 11 is 0. The highest BCUT2D eigenvalue weighted by Gasteiger charge is 2.39. The van der Waals surface area contributed by atoms with Crippen molar-refractivity contribution in [1.29, 1.82) is 0 Å². The van der Waals surface area contributed by atoms with Crippen LogP contribution in [-0.4, -0.2) is 25.2 Å². The fraction of sp³-hybridized carbons (Fsp3) is 0.833. The molecule has 0 saturated heterocycles. The van der Waals surface area contributed by atoms with Gasteiger partial charge in [-0.25, -0.2) is 4.79 Å². The van der Waals surface area contributed by atoms with Crippen molar-refractivity contribution >= 4 is 5.97 Å². The maximum atomic E-state index is 12.3. The lowest BCUT2D eigenvalue weighted by atomic mass is 10.2. The van der Waals surface area contributed by atoms with Gasteiger partial charge in [0, 0.05) is 0 Å². The highest BCUT2D eigenvalue weighted by molar-refractivity contribution is 5.77. The molecule has 0 fully saturated rings. The topological polar surface area (TPSA) is 26.3 Å². The van der Waals surface area contributed by atoms with Crippen LogP contribution in [0.2, 0.25) is 0 Å². The Morgan fingerprint density at radius 1 is 1.55 bits per heavy atom. The van der Waals surface area contributed by atoms with Gasteiger partial charge in [-0.2, -0.15) is 8.78 Å². The first kappa shape index (κ1) is 10.3. The fourth-order valence-electron chi connectivity index (χ4n) is 0.457. The third-order valence-corrected chi connectivity index (χ3v) is 0.983. The molecular formula is C6H9F3O2. The van der Waals surface area contributed by atoms with Gasteiger partial charge < -0.3 is 4.74 Å². The summed E-state index contributed by atoms with van der Waals surface area (Å²) in [5, 5.41) is 0. The molecule has 0 aromatic rings. The Morgan fingerprint density at radius 3 is 2.45 bits per heavy atom. The molecule has 66 valence electrons. The molecule has 0 aromatic heterocycles. The number of halogens is 3. The second-order valence-electron chi connectivity index (χ2n) is 1.86. The molecule has 0 atom stereocenters. The minimum atomic E-state index is -3.68. The molecule has 0 aliphatic carbocycles. The van der Waals surface area contributed by atoms with E-state index >= 15 is 0 Å². The molecule has 0 unspecified atom stereocenters. The van der Waals surface area contributed by atoms with E-state index in [9.17, 15) is 18.0 Å². The van der Waals surface area contributed by atoms with Crippen LogP contribution in [0.15, 0.2) is 0 Å². The Hall–Kier alpha value is -0.740. The number of hydrogen-bond acceptors (Lipinski definition) is 2. The van der Waals surface area contributed by atoms with Crippen LogP contribution >= 0.6 is 0 Å². The first-order valence-electron chi connectivity index (χ1n) is 3.15. The Kier molecular flexibility index (Phi) is 3.92. The zero-order valence-electron chi connectivity index (χ0n) is 6.07. The number of esters is 1. The molecule has 0 aliphatic heterocycles. The van der Waals surface area contributed by atoms with Crippen LogP contribution in [0.1, 0.15) is 13.3 Å². The number of carbonyl (C=O) groups is 1. The van der Waals surface area contributed by atoms with E-state index in [1.807, 2.05) is 0 Å². The summed E-state index contributed by atoms with van der Waals surface area (Å²) in [7, 11) is 0. The van der Waals surface area contributed by atoms with Crippen molar-refractivity contribution in [1.82, 2.24) is 0 Å². The van der Waals surface area contributed by atoms with Crippen molar-refractivity contribution in [3.63, 3.8) is 0 Å². The second-order valence-corrected chi connectivity index (χ2v) is 1.86. The number of ether oxygens (including phenoxy) is 1. The minimum Gasteiger partial charge on any atom is -0.462 e. The van der Waals surface area contributed by atoms with E-state index in [1.165, 1.54) is 6.92 Å². The molecule has 0 rings (SSSR count). The average molecular weight is 170 g/mol. The van der Waals surface area contributed by atoms with E-state index in [4.69, 9.17) is 0 Å². The zero-order valence-corrected chi connectivity index (χ0v) is 6.07. The molecule has 0 heterocycles. The molecule has 0 radical (unpaired) electrons. The van der Waals surface area contributed by atoms with Gasteiger partial charge in [-0.15, -0.1) is 0 Å². The van der Waals surface area contributed by atoms with E-state index in [2.05, 4.69) is 4.74 Å². The third-order valence-electron chi connectivity index (χ3n) is 0.983. The minimum absolute atomic E-state index is 0.124. The van der Waals surface area contributed by atoms with Crippen LogP contribution in [0.5, 0.6) is 0 Å². The summed E-state index contributed by atoms with van der Waals surface area (Å²) in [6.45, 7) is 0.0515. The van der Waals surface area contributed by atoms with Crippen molar-refractivity contribution in [3.8, 4) is 0 Å². The quantitative estimate of drug-likeness (QED) is 0.598. The summed E-state index contributed by atoms with van der Waals surface area (Å²) < 4.78 is 40.0. The standard InChI is InChI=1S/C6H9F3O2/c1-2-11-5(10)6(8,9)3-4-7/h2-4H2,1H3. The Bertz CT molecular complexity index is 136. The van der Waals surface area contributed by atoms with Crippen molar-refractivity contribution in [2.45, 2.75) is 19.3 Å². The molecular weight excluding hydrogens is 161 g/mol. The number of hydrogen-bond donors (Lipinski definition) is 0. The Balaban J connectivity index is 3.94. The van der Waals surface area contributed by atoms with Crippen LogP contribution < -0.4 is 0 Å². The fourth-order valence-corrected chi connectivity index (χ4v) is 0.457. The van der Waals surface area contributed by atoms with E-state index < -0.39 is 25.0 Å². The van der Waals surface area contributed by atoms with Gasteiger partial charge in [0.2, 0.25) is 0 Å². The molecule has 0 N–H and O–H groups in total. The summed E-state index contributed by atoms with van der Waals surface area (Å²) in [6, 6.07) is 0. The summed E-state index contributed by atoms with van der Waals surface area (Å²) in [5.41, 5.74) is 0. The molecule has 0 aliphatic rings. The van der Waals surface area contributed by atoms with E-state index in [-0.39, 0.29) is 6.61 Å². The molecule has 0 bridgehead atoms. The summed E-state index contributed by atoms with van der Waals surface area (Å²) in [4.78, 5) is 10.3. The molecule has 0 amide bonds. The van der Waals surface area contributed by atoms with Gasteiger partial charge in [-0.3, -0.25) is 4.39 Å². The molecule has 0 aromatic carbocycles. The number of alkyl halides is 3. The third kappa shape index (κ3) is 3.25. The molecule has 5 heteroatoms. The highest BCUT2D eigenvalue weighted by Crippen LogP contribution is 2.19. The second kappa shape index (κ2) is 4.20. The predicted molar refractivity (Wildman–Crippen MR) is 32.2 cm³/mol. The SMILES string of the molecule is CCOC(=O)C(F)(F)CCF. The van der Waals surface area contributed by atoms with Crippen LogP contribution in [-0.2, 0) is 9.53 Å².